The normalized spacial score (nSPS) is 11.5. The second kappa shape index (κ2) is 5.54. The van der Waals surface area contributed by atoms with Crippen LogP contribution in [0.2, 0.25) is 0 Å². The predicted molar refractivity (Wildman–Crippen MR) is 89.5 cm³/mol. The van der Waals surface area contributed by atoms with E-state index >= 15 is 0 Å². The first-order valence-electron chi connectivity index (χ1n) is 6.91. The summed E-state index contributed by atoms with van der Waals surface area (Å²) < 4.78 is 1.80. The fourth-order valence-corrected chi connectivity index (χ4v) is 2.94. The fraction of sp³-hybridized carbons (Fsp3) is 0. The number of hydrogen-bond donors (Lipinski definition) is 0. The number of aromatic nitrogens is 4. The van der Waals surface area contributed by atoms with Gasteiger partial charge < -0.3 is 0 Å². The van der Waals surface area contributed by atoms with E-state index in [1.807, 2.05) is 60.7 Å². The molecule has 4 rings (SSSR count). The standard InChI is InChI=1S/C17H12N4S/c1-3-7-13(8-4-1)11-12-15-20-21-16(18-19-17(21)22-15)14-9-5-2-6-10-14/h1-12H/b12-11+. The molecule has 0 amide bonds. The minimum absolute atomic E-state index is 0.770. The van der Waals surface area contributed by atoms with Crippen molar-refractivity contribution in [3.63, 3.8) is 0 Å². The molecule has 0 aliphatic rings. The molecule has 0 atom stereocenters. The summed E-state index contributed by atoms with van der Waals surface area (Å²) in [5, 5.41) is 13.9. The van der Waals surface area contributed by atoms with Crippen molar-refractivity contribution in [1.82, 2.24) is 19.8 Å². The fourth-order valence-electron chi connectivity index (χ4n) is 2.20. The Kier molecular flexibility index (Phi) is 3.25. The quantitative estimate of drug-likeness (QED) is 0.574. The van der Waals surface area contributed by atoms with Gasteiger partial charge in [0.15, 0.2) is 5.82 Å². The molecule has 5 heteroatoms. The summed E-state index contributed by atoms with van der Waals surface area (Å²) in [4.78, 5) is 0.798. The summed E-state index contributed by atoms with van der Waals surface area (Å²) in [7, 11) is 0. The zero-order valence-corrected chi connectivity index (χ0v) is 12.4. The molecule has 0 spiro atoms. The van der Waals surface area contributed by atoms with Crippen LogP contribution < -0.4 is 0 Å². The molecular weight excluding hydrogens is 292 g/mol. The van der Waals surface area contributed by atoms with E-state index in [0.717, 1.165) is 26.9 Å². The third-order valence-corrected chi connectivity index (χ3v) is 4.12. The van der Waals surface area contributed by atoms with Crippen LogP contribution in [-0.2, 0) is 0 Å². The molecule has 106 valence electrons. The van der Waals surface area contributed by atoms with E-state index in [0.29, 0.717) is 0 Å². The zero-order valence-electron chi connectivity index (χ0n) is 11.6. The summed E-state index contributed by atoms with van der Waals surface area (Å²) in [6.07, 6.45) is 4.05. The highest BCUT2D eigenvalue weighted by atomic mass is 32.1. The van der Waals surface area contributed by atoms with Gasteiger partial charge in [-0.1, -0.05) is 78.1 Å². The van der Waals surface area contributed by atoms with E-state index < -0.39 is 0 Å². The molecule has 4 aromatic rings. The Labute approximate surface area is 131 Å². The summed E-state index contributed by atoms with van der Waals surface area (Å²) in [5.41, 5.74) is 2.16. The van der Waals surface area contributed by atoms with Crippen molar-refractivity contribution in [2.45, 2.75) is 0 Å². The lowest BCUT2D eigenvalue weighted by molar-refractivity contribution is 0.960. The summed E-state index contributed by atoms with van der Waals surface area (Å²) in [6, 6.07) is 20.1. The maximum absolute atomic E-state index is 4.59. The highest BCUT2D eigenvalue weighted by Crippen LogP contribution is 2.22. The van der Waals surface area contributed by atoms with Gasteiger partial charge in [-0.3, -0.25) is 0 Å². The average Bonchev–Trinajstić information content (AvgIpc) is 3.15. The Morgan fingerprint density at radius 3 is 2.32 bits per heavy atom. The number of hydrogen-bond acceptors (Lipinski definition) is 4. The maximum atomic E-state index is 4.59. The molecule has 0 fully saturated rings. The van der Waals surface area contributed by atoms with E-state index in [1.165, 1.54) is 11.3 Å². The third kappa shape index (κ3) is 2.42. The molecule has 2 aromatic heterocycles. The Balaban J connectivity index is 1.70. The first-order chi connectivity index (χ1) is 10.9. The van der Waals surface area contributed by atoms with Crippen LogP contribution in [-0.4, -0.2) is 19.8 Å². The predicted octanol–water partition coefficient (Wildman–Crippen LogP) is 4.02. The van der Waals surface area contributed by atoms with Crippen molar-refractivity contribution in [3.8, 4) is 11.4 Å². The molecule has 2 aromatic carbocycles. The molecule has 0 radical (unpaired) electrons. The topological polar surface area (TPSA) is 43.1 Å². The van der Waals surface area contributed by atoms with E-state index in [4.69, 9.17) is 0 Å². The number of benzene rings is 2. The number of fused-ring (bicyclic) bond motifs is 1. The Hall–Kier alpha value is -2.79. The van der Waals surface area contributed by atoms with E-state index in [1.54, 1.807) is 4.52 Å². The van der Waals surface area contributed by atoms with Crippen molar-refractivity contribution in [2.75, 3.05) is 0 Å². The lowest BCUT2D eigenvalue weighted by Crippen LogP contribution is -1.90. The molecule has 2 heterocycles. The Morgan fingerprint density at radius 1 is 0.818 bits per heavy atom. The minimum Gasteiger partial charge on any atom is -0.182 e. The monoisotopic (exact) mass is 304 g/mol. The molecule has 0 unspecified atom stereocenters. The van der Waals surface area contributed by atoms with Crippen LogP contribution in [0.25, 0.3) is 28.5 Å². The smallest absolute Gasteiger partial charge is 0.182 e. The first-order valence-corrected chi connectivity index (χ1v) is 7.72. The van der Waals surface area contributed by atoms with Crippen molar-refractivity contribution in [1.29, 1.82) is 0 Å². The van der Waals surface area contributed by atoms with Gasteiger partial charge in [0, 0.05) is 5.56 Å². The Bertz CT molecular complexity index is 923. The third-order valence-electron chi connectivity index (χ3n) is 3.26. The largest absolute Gasteiger partial charge is 0.235 e. The zero-order chi connectivity index (χ0) is 14.8. The SMILES string of the molecule is C(=C\c1nn2c(-c3ccccc3)nnc2s1)/c1ccccc1. The van der Waals surface area contributed by atoms with Gasteiger partial charge in [-0.15, -0.1) is 10.2 Å². The molecule has 22 heavy (non-hydrogen) atoms. The average molecular weight is 304 g/mol. The van der Waals surface area contributed by atoms with Gasteiger partial charge in [0.2, 0.25) is 4.96 Å². The highest BCUT2D eigenvalue weighted by molar-refractivity contribution is 7.17. The molecular formula is C17H12N4S. The molecule has 0 aliphatic heterocycles. The summed E-state index contributed by atoms with van der Waals surface area (Å²) in [5.74, 6) is 0.770. The second-order valence-corrected chi connectivity index (χ2v) is 5.76. The van der Waals surface area contributed by atoms with Gasteiger partial charge in [-0.2, -0.15) is 9.61 Å². The lowest BCUT2D eigenvalue weighted by atomic mass is 10.2. The molecule has 4 nitrogen and oxygen atoms in total. The number of nitrogens with zero attached hydrogens (tertiary/aromatic N) is 4. The molecule has 0 saturated heterocycles. The molecule has 0 saturated carbocycles. The second-order valence-electron chi connectivity index (χ2n) is 4.77. The first kappa shape index (κ1) is 12.9. The maximum Gasteiger partial charge on any atom is 0.235 e. The van der Waals surface area contributed by atoms with Crippen LogP contribution in [0.3, 0.4) is 0 Å². The lowest BCUT2D eigenvalue weighted by Gasteiger charge is -1.94. The van der Waals surface area contributed by atoms with Gasteiger partial charge in [0.25, 0.3) is 0 Å². The molecule has 0 aliphatic carbocycles. The van der Waals surface area contributed by atoms with E-state index in [-0.39, 0.29) is 0 Å². The van der Waals surface area contributed by atoms with Crippen molar-refractivity contribution in [2.24, 2.45) is 0 Å². The van der Waals surface area contributed by atoms with Crippen LogP contribution in [0.4, 0.5) is 0 Å². The van der Waals surface area contributed by atoms with Crippen molar-refractivity contribution in [3.05, 3.63) is 71.2 Å². The Morgan fingerprint density at radius 2 is 1.55 bits per heavy atom. The highest BCUT2D eigenvalue weighted by Gasteiger charge is 2.11. The van der Waals surface area contributed by atoms with Crippen LogP contribution in [0.15, 0.2) is 60.7 Å². The van der Waals surface area contributed by atoms with Gasteiger partial charge in [0.1, 0.15) is 5.01 Å². The van der Waals surface area contributed by atoms with Crippen molar-refractivity contribution < 1.29 is 0 Å². The number of rotatable bonds is 3. The summed E-state index contributed by atoms with van der Waals surface area (Å²) >= 11 is 1.52. The minimum atomic E-state index is 0.770. The van der Waals surface area contributed by atoms with Gasteiger partial charge in [-0.25, -0.2) is 0 Å². The van der Waals surface area contributed by atoms with Crippen LogP contribution in [0.5, 0.6) is 0 Å². The van der Waals surface area contributed by atoms with E-state index in [2.05, 4.69) is 27.4 Å². The van der Waals surface area contributed by atoms with E-state index in [9.17, 15) is 0 Å². The van der Waals surface area contributed by atoms with Gasteiger partial charge in [-0.05, 0) is 11.6 Å². The van der Waals surface area contributed by atoms with Crippen LogP contribution in [0, 0.1) is 0 Å². The van der Waals surface area contributed by atoms with Crippen LogP contribution >= 0.6 is 11.3 Å². The molecule has 0 N–H and O–H groups in total. The van der Waals surface area contributed by atoms with Gasteiger partial charge >= 0.3 is 0 Å². The molecule has 0 bridgehead atoms. The van der Waals surface area contributed by atoms with Crippen LogP contribution in [0.1, 0.15) is 10.6 Å². The van der Waals surface area contributed by atoms with Gasteiger partial charge in [0.05, 0.1) is 0 Å². The summed E-state index contributed by atoms with van der Waals surface area (Å²) in [6.45, 7) is 0. The van der Waals surface area contributed by atoms with Crippen molar-refractivity contribution >= 4 is 28.4 Å².